The standard InChI is InChI=1S/C19H24N4O2/c1-2-23-12-6-7-16(23)14-21-19(24)22-15-10-11-18(20-13-15)25-17-8-4-3-5-9-17/h3-5,8-11,13,16H,2,6-7,12,14H2,1H3,(H2,21,22,24)/t16-/m0/s1. The van der Waals surface area contributed by atoms with Crippen molar-refractivity contribution in [2.24, 2.45) is 0 Å². The number of carbonyl (C=O) groups is 1. The fraction of sp³-hybridized carbons (Fsp3) is 0.368. The summed E-state index contributed by atoms with van der Waals surface area (Å²) in [5.74, 6) is 1.21. The number of aromatic nitrogens is 1. The first kappa shape index (κ1) is 17.2. The van der Waals surface area contributed by atoms with Crippen LogP contribution in [0.15, 0.2) is 48.7 Å². The van der Waals surface area contributed by atoms with Gasteiger partial charge in [0, 0.05) is 18.7 Å². The number of hydrogen-bond donors (Lipinski definition) is 2. The second-order valence-electron chi connectivity index (χ2n) is 6.06. The minimum absolute atomic E-state index is 0.207. The average molecular weight is 340 g/mol. The molecule has 0 aliphatic carbocycles. The van der Waals surface area contributed by atoms with Gasteiger partial charge in [0.2, 0.25) is 5.88 Å². The van der Waals surface area contributed by atoms with Crippen molar-refractivity contribution >= 4 is 11.7 Å². The number of nitrogens with one attached hydrogen (secondary N) is 2. The van der Waals surface area contributed by atoms with Crippen molar-refractivity contribution in [3.63, 3.8) is 0 Å². The molecule has 0 saturated carbocycles. The summed E-state index contributed by atoms with van der Waals surface area (Å²) in [6, 6.07) is 13.2. The summed E-state index contributed by atoms with van der Waals surface area (Å²) in [6.07, 6.45) is 3.93. The van der Waals surface area contributed by atoms with Crippen LogP contribution in [0.3, 0.4) is 0 Å². The number of anilines is 1. The molecule has 2 heterocycles. The molecule has 2 N–H and O–H groups in total. The number of nitrogens with zero attached hydrogens (tertiary/aromatic N) is 2. The second-order valence-corrected chi connectivity index (χ2v) is 6.06. The smallest absolute Gasteiger partial charge is 0.319 e. The number of rotatable bonds is 6. The van der Waals surface area contributed by atoms with E-state index in [-0.39, 0.29) is 6.03 Å². The van der Waals surface area contributed by atoms with Crippen LogP contribution in [0.2, 0.25) is 0 Å². The largest absolute Gasteiger partial charge is 0.439 e. The molecule has 132 valence electrons. The van der Waals surface area contributed by atoms with Crippen LogP contribution in [0.25, 0.3) is 0 Å². The van der Waals surface area contributed by atoms with Gasteiger partial charge in [0.1, 0.15) is 5.75 Å². The van der Waals surface area contributed by atoms with Gasteiger partial charge in [-0.05, 0) is 44.1 Å². The Kier molecular flexibility index (Phi) is 5.85. The highest BCUT2D eigenvalue weighted by molar-refractivity contribution is 5.89. The van der Waals surface area contributed by atoms with Gasteiger partial charge in [-0.25, -0.2) is 9.78 Å². The molecule has 1 aromatic carbocycles. The quantitative estimate of drug-likeness (QED) is 0.845. The number of likely N-dealkylation sites (tertiary alicyclic amines) is 1. The zero-order valence-electron chi connectivity index (χ0n) is 14.4. The first-order valence-electron chi connectivity index (χ1n) is 8.72. The van der Waals surface area contributed by atoms with Crippen molar-refractivity contribution in [2.75, 3.05) is 25.0 Å². The predicted octanol–water partition coefficient (Wildman–Crippen LogP) is 3.48. The van der Waals surface area contributed by atoms with E-state index in [9.17, 15) is 4.79 Å². The molecule has 6 nitrogen and oxygen atoms in total. The number of ether oxygens (including phenoxy) is 1. The lowest BCUT2D eigenvalue weighted by atomic mass is 10.2. The van der Waals surface area contributed by atoms with E-state index in [0.717, 1.165) is 25.3 Å². The summed E-state index contributed by atoms with van der Waals surface area (Å²) in [6.45, 7) is 4.98. The molecular formula is C19H24N4O2. The molecular weight excluding hydrogens is 316 g/mol. The molecule has 3 rings (SSSR count). The zero-order chi connectivity index (χ0) is 17.5. The molecule has 1 aliphatic rings. The summed E-state index contributed by atoms with van der Waals surface area (Å²) < 4.78 is 5.63. The Labute approximate surface area is 148 Å². The van der Waals surface area contributed by atoms with Crippen LogP contribution < -0.4 is 15.4 Å². The van der Waals surface area contributed by atoms with Crippen molar-refractivity contribution in [1.29, 1.82) is 0 Å². The first-order chi connectivity index (χ1) is 12.2. The van der Waals surface area contributed by atoms with Crippen LogP contribution in [0.5, 0.6) is 11.6 Å². The highest BCUT2D eigenvalue weighted by Crippen LogP contribution is 2.20. The number of para-hydroxylation sites is 1. The normalized spacial score (nSPS) is 17.2. The van der Waals surface area contributed by atoms with Crippen molar-refractivity contribution in [2.45, 2.75) is 25.8 Å². The van der Waals surface area contributed by atoms with E-state index in [1.54, 1.807) is 18.3 Å². The van der Waals surface area contributed by atoms with E-state index in [4.69, 9.17) is 4.74 Å². The van der Waals surface area contributed by atoms with Crippen LogP contribution in [-0.4, -0.2) is 41.6 Å². The fourth-order valence-electron chi connectivity index (χ4n) is 3.05. The SMILES string of the molecule is CCN1CCC[C@H]1CNC(=O)Nc1ccc(Oc2ccccc2)nc1. The third kappa shape index (κ3) is 4.93. The average Bonchev–Trinajstić information content (AvgIpc) is 3.10. The summed E-state index contributed by atoms with van der Waals surface area (Å²) in [7, 11) is 0. The molecule has 0 bridgehead atoms. The van der Waals surface area contributed by atoms with Gasteiger partial charge < -0.3 is 15.4 Å². The number of hydrogen-bond acceptors (Lipinski definition) is 4. The van der Waals surface area contributed by atoms with Gasteiger partial charge >= 0.3 is 6.03 Å². The Bertz CT molecular complexity index is 676. The number of amides is 2. The molecule has 0 unspecified atom stereocenters. The van der Waals surface area contributed by atoms with E-state index in [1.165, 1.54) is 6.42 Å². The summed E-state index contributed by atoms with van der Waals surface area (Å²) in [5.41, 5.74) is 0.636. The second kappa shape index (κ2) is 8.48. The summed E-state index contributed by atoms with van der Waals surface area (Å²) >= 11 is 0. The van der Waals surface area contributed by atoms with Crippen molar-refractivity contribution in [1.82, 2.24) is 15.2 Å². The fourth-order valence-corrected chi connectivity index (χ4v) is 3.05. The predicted molar refractivity (Wildman–Crippen MR) is 98.0 cm³/mol. The van der Waals surface area contributed by atoms with Gasteiger partial charge in [-0.2, -0.15) is 0 Å². The van der Waals surface area contributed by atoms with Crippen LogP contribution in [-0.2, 0) is 0 Å². The Hall–Kier alpha value is -2.60. The summed E-state index contributed by atoms with van der Waals surface area (Å²) in [4.78, 5) is 18.7. The van der Waals surface area contributed by atoms with Crippen molar-refractivity contribution < 1.29 is 9.53 Å². The van der Waals surface area contributed by atoms with Crippen molar-refractivity contribution in [3.8, 4) is 11.6 Å². The van der Waals surface area contributed by atoms with Crippen LogP contribution >= 0.6 is 0 Å². The highest BCUT2D eigenvalue weighted by atomic mass is 16.5. The van der Waals surface area contributed by atoms with E-state index >= 15 is 0 Å². The molecule has 1 fully saturated rings. The minimum atomic E-state index is -0.207. The van der Waals surface area contributed by atoms with E-state index in [0.29, 0.717) is 24.2 Å². The third-order valence-corrected chi connectivity index (χ3v) is 4.36. The molecule has 6 heteroatoms. The number of likely N-dealkylation sites (N-methyl/N-ethyl adjacent to an activating group) is 1. The van der Waals surface area contributed by atoms with Crippen LogP contribution in [0.4, 0.5) is 10.5 Å². The van der Waals surface area contributed by atoms with Gasteiger partial charge in [0.15, 0.2) is 0 Å². The molecule has 1 saturated heterocycles. The molecule has 2 aromatic rings. The third-order valence-electron chi connectivity index (χ3n) is 4.36. The lowest BCUT2D eigenvalue weighted by Gasteiger charge is -2.22. The highest BCUT2D eigenvalue weighted by Gasteiger charge is 2.23. The van der Waals surface area contributed by atoms with Crippen LogP contribution in [0, 0.1) is 0 Å². The van der Waals surface area contributed by atoms with Gasteiger partial charge in [0.05, 0.1) is 11.9 Å². The maximum atomic E-state index is 12.0. The van der Waals surface area contributed by atoms with E-state index in [2.05, 4.69) is 27.4 Å². The number of benzene rings is 1. The maximum Gasteiger partial charge on any atom is 0.319 e. The molecule has 0 spiro atoms. The van der Waals surface area contributed by atoms with Crippen LogP contribution in [0.1, 0.15) is 19.8 Å². The van der Waals surface area contributed by atoms with E-state index in [1.807, 2.05) is 30.3 Å². The number of carbonyl (C=O) groups excluding carboxylic acids is 1. The maximum absolute atomic E-state index is 12.0. The lowest BCUT2D eigenvalue weighted by molar-refractivity contribution is 0.238. The van der Waals surface area contributed by atoms with Crippen molar-refractivity contribution in [3.05, 3.63) is 48.7 Å². The lowest BCUT2D eigenvalue weighted by Crippen LogP contribution is -2.41. The Morgan fingerprint density at radius 2 is 2.12 bits per heavy atom. The van der Waals surface area contributed by atoms with Gasteiger partial charge in [-0.3, -0.25) is 4.90 Å². The number of pyridine rings is 1. The monoisotopic (exact) mass is 340 g/mol. The Balaban J connectivity index is 1.47. The first-order valence-corrected chi connectivity index (χ1v) is 8.72. The molecule has 25 heavy (non-hydrogen) atoms. The number of urea groups is 1. The van der Waals surface area contributed by atoms with Gasteiger partial charge in [-0.1, -0.05) is 25.1 Å². The van der Waals surface area contributed by atoms with Gasteiger partial charge in [0.25, 0.3) is 0 Å². The Morgan fingerprint density at radius 3 is 2.84 bits per heavy atom. The molecule has 1 aliphatic heterocycles. The van der Waals surface area contributed by atoms with E-state index < -0.39 is 0 Å². The molecule has 1 atom stereocenters. The van der Waals surface area contributed by atoms with Gasteiger partial charge in [-0.15, -0.1) is 0 Å². The molecule has 0 radical (unpaired) electrons. The minimum Gasteiger partial charge on any atom is -0.439 e. The Morgan fingerprint density at radius 1 is 1.28 bits per heavy atom. The topological polar surface area (TPSA) is 66.5 Å². The summed E-state index contributed by atoms with van der Waals surface area (Å²) in [5, 5.41) is 5.74. The molecule has 2 amide bonds. The molecule has 1 aromatic heterocycles. The zero-order valence-corrected chi connectivity index (χ0v) is 14.4.